The standard InChI is InChI=1S/C12H17N5O/c1-10-9-17(5-4-16(10)6-7-18)12-11(8-13)14-2-3-15-12/h2-3,10,18H,4-7,9H2,1H3. The quantitative estimate of drug-likeness (QED) is 0.800. The lowest BCUT2D eigenvalue weighted by Crippen LogP contribution is -2.53. The molecule has 0 spiro atoms. The predicted molar refractivity (Wildman–Crippen MR) is 67.1 cm³/mol. The van der Waals surface area contributed by atoms with Crippen LogP contribution in [0.4, 0.5) is 5.82 Å². The van der Waals surface area contributed by atoms with E-state index in [1.807, 2.05) is 0 Å². The molecule has 96 valence electrons. The van der Waals surface area contributed by atoms with Gasteiger partial charge in [0.1, 0.15) is 6.07 Å². The summed E-state index contributed by atoms with van der Waals surface area (Å²) < 4.78 is 0. The molecular weight excluding hydrogens is 230 g/mol. The molecule has 1 N–H and O–H groups in total. The fourth-order valence-electron chi connectivity index (χ4n) is 2.29. The van der Waals surface area contributed by atoms with E-state index >= 15 is 0 Å². The summed E-state index contributed by atoms with van der Waals surface area (Å²) in [4.78, 5) is 12.6. The van der Waals surface area contributed by atoms with Crippen LogP contribution in [0.3, 0.4) is 0 Å². The van der Waals surface area contributed by atoms with Crippen LogP contribution >= 0.6 is 0 Å². The van der Waals surface area contributed by atoms with Gasteiger partial charge in [0.05, 0.1) is 6.61 Å². The van der Waals surface area contributed by atoms with Crippen LogP contribution in [0, 0.1) is 11.3 Å². The monoisotopic (exact) mass is 247 g/mol. The van der Waals surface area contributed by atoms with E-state index < -0.39 is 0 Å². The van der Waals surface area contributed by atoms with E-state index in [1.165, 1.54) is 6.20 Å². The largest absolute Gasteiger partial charge is 0.395 e. The van der Waals surface area contributed by atoms with Crippen molar-refractivity contribution in [2.45, 2.75) is 13.0 Å². The molecule has 0 radical (unpaired) electrons. The fourth-order valence-corrected chi connectivity index (χ4v) is 2.29. The number of aliphatic hydroxyl groups is 1. The Labute approximate surface area is 106 Å². The Kier molecular flexibility index (Phi) is 4.07. The molecule has 1 fully saturated rings. The first-order valence-corrected chi connectivity index (χ1v) is 6.07. The molecular formula is C12H17N5O. The zero-order chi connectivity index (χ0) is 13.0. The molecule has 1 aliphatic heterocycles. The summed E-state index contributed by atoms with van der Waals surface area (Å²) in [5.41, 5.74) is 0.375. The van der Waals surface area contributed by atoms with Crippen LogP contribution in [0.5, 0.6) is 0 Å². The number of nitriles is 1. The van der Waals surface area contributed by atoms with E-state index in [1.54, 1.807) is 6.20 Å². The normalized spacial score (nSPS) is 20.7. The average molecular weight is 247 g/mol. The minimum Gasteiger partial charge on any atom is -0.395 e. The third-order valence-corrected chi connectivity index (χ3v) is 3.24. The van der Waals surface area contributed by atoms with Crippen molar-refractivity contribution in [1.82, 2.24) is 14.9 Å². The van der Waals surface area contributed by atoms with E-state index in [9.17, 15) is 0 Å². The summed E-state index contributed by atoms with van der Waals surface area (Å²) in [7, 11) is 0. The molecule has 6 nitrogen and oxygen atoms in total. The van der Waals surface area contributed by atoms with Crippen LogP contribution in [0.25, 0.3) is 0 Å². The summed E-state index contributed by atoms with van der Waals surface area (Å²) >= 11 is 0. The Hall–Kier alpha value is -1.71. The number of rotatable bonds is 3. The van der Waals surface area contributed by atoms with Crippen molar-refractivity contribution in [2.24, 2.45) is 0 Å². The highest BCUT2D eigenvalue weighted by Crippen LogP contribution is 2.18. The predicted octanol–water partition coefficient (Wildman–Crippen LogP) is -0.149. The molecule has 0 aromatic carbocycles. The summed E-state index contributed by atoms with van der Waals surface area (Å²) in [5, 5.41) is 18.0. The van der Waals surface area contributed by atoms with Gasteiger partial charge in [-0.2, -0.15) is 5.26 Å². The number of hydrogen-bond acceptors (Lipinski definition) is 6. The highest BCUT2D eigenvalue weighted by atomic mass is 16.3. The molecule has 18 heavy (non-hydrogen) atoms. The highest BCUT2D eigenvalue weighted by Gasteiger charge is 2.25. The third kappa shape index (κ3) is 2.58. The van der Waals surface area contributed by atoms with Crippen LogP contribution in [-0.2, 0) is 0 Å². The van der Waals surface area contributed by atoms with Gasteiger partial charge in [-0.3, -0.25) is 4.90 Å². The molecule has 2 rings (SSSR count). The van der Waals surface area contributed by atoms with Gasteiger partial charge in [-0.05, 0) is 6.92 Å². The first-order chi connectivity index (χ1) is 8.76. The van der Waals surface area contributed by atoms with Crippen LogP contribution < -0.4 is 4.90 Å². The number of nitrogens with zero attached hydrogens (tertiary/aromatic N) is 5. The van der Waals surface area contributed by atoms with Crippen molar-refractivity contribution in [3.63, 3.8) is 0 Å². The van der Waals surface area contributed by atoms with Gasteiger partial charge in [0.15, 0.2) is 11.5 Å². The van der Waals surface area contributed by atoms with Gasteiger partial charge >= 0.3 is 0 Å². The van der Waals surface area contributed by atoms with Gasteiger partial charge < -0.3 is 10.0 Å². The Balaban J connectivity index is 2.11. The lowest BCUT2D eigenvalue weighted by atomic mass is 10.2. The Bertz CT molecular complexity index is 444. The number of piperazine rings is 1. The first kappa shape index (κ1) is 12.7. The maximum atomic E-state index is 9.03. The van der Waals surface area contributed by atoms with Crippen molar-refractivity contribution < 1.29 is 5.11 Å². The number of β-amino-alcohol motifs (C(OH)–C–C–N with tert-alkyl or cyclic N) is 1. The molecule has 0 bridgehead atoms. The third-order valence-electron chi connectivity index (χ3n) is 3.24. The van der Waals surface area contributed by atoms with Gasteiger partial charge in [0.2, 0.25) is 0 Å². The molecule has 0 saturated carbocycles. The maximum absolute atomic E-state index is 9.03. The second kappa shape index (κ2) is 5.76. The summed E-state index contributed by atoms with van der Waals surface area (Å²) in [6.45, 7) is 5.46. The second-order valence-electron chi connectivity index (χ2n) is 4.39. The number of anilines is 1. The van der Waals surface area contributed by atoms with E-state index in [0.29, 0.717) is 24.1 Å². The van der Waals surface area contributed by atoms with Crippen LogP contribution in [0.15, 0.2) is 12.4 Å². The molecule has 1 unspecified atom stereocenters. The summed E-state index contributed by atoms with van der Waals surface area (Å²) in [5.74, 6) is 0.662. The second-order valence-corrected chi connectivity index (χ2v) is 4.39. The minimum atomic E-state index is 0.179. The Morgan fingerprint density at radius 2 is 2.22 bits per heavy atom. The molecule has 2 heterocycles. The summed E-state index contributed by atoms with van der Waals surface area (Å²) in [6, 6.07) is 2.41. The summed E-state index contributed by atoms with van der Waals surface area (Å²) in [6.07, 6.45) is 3.15. The van der Waals surface area contributed by atoms with Gasteiger partial charge in [-0.25, -0.2) is 9.97 Å². The average Bonchev–Trinajstić information content (AvgIpc) is 2.41. The number of hydrogen-bond donors (Lipinski definition) is 1. The molecule has 1 aromatic heterocycles. The highest BCUT2D eigenvalue weighted by molar-refractivity contribution is 5.49. The van der Waals surface area contributed by atoms with Crippen molar-refractivity contribution in [1.29, 1.82) is 5.26 Å². The van der Waals surface area contributed by atoms with Crippen molar-refractivity contribution in [2.75, 3.05) is 37.7 Å². The van der Waals surface area contributed by atoms with Crippen LogP contribution in [-0.4, -0.2) is 58.8 Å². The van der Waals surface area contributed by atoms with E-state index in [-0.39, 0.29) is 6.61 Å². The van der Waals surface area contributed by atoms with Crippen molar-refractivity contribution >= 4 is 5.82 Å². The van der Waals surface area contributed by atoms with Crippen LogP contribution in [0.1, 0.15) is 12.6 Å². The van der Waals surface area contributed by atoms with Gasteiger partial charge in [0.25, 0.3) is 0 Å². The zero-order valence-electron chi connectivity index (χ0n) is 10.5. The molecule has 1 atom stereocenters. The first-order valence-electron chi connectivity index (χ1n) is 6.07. The lowest BCUT2D eigenvalue weighted by molar-refractivity contribution is 0.146. The molecule has 1 saturated heterocycles. The molecule has 1 aromatic rings. The lowest BCUT2D eigenvalue weighted by Gasteiger charge is -2.40. The van der Waals surface area contributed by atoms with Crippen molar-refractivity contribution in [3.05, 3.63) is 18.1 Å². The van der Waals surface area contributed by atoms with Gasteiger partial charge in [0, 0.05) is 44.6 Å². The smallest absolute Gasteiger partial charge is 0.183 e. The van der Waals surface area contributed by atoms with Gasteiger partial charge in [-0.1, -0.05) is 0 Å². The van der Waals surface area contributed by atoms with Crippen LogP contribution in [0.2, 0.25) is 0 Å². The SMILES string of the molecule is CC1CN(c2nccnc2C#N)CCN1CCO. The topological polar surface area (TPSA) is 76.3 Å². The molecule has 6 heteroatoms. The number of aliphatic hydroxyl groups excluding tert-OH is 1. The fraction of sp³-hybridized carbons (Fsp3) is 0.583. The van der Waals surface area contributed by atoms with E-state index in [2.05, 4.69) is 32.8 Å². The maximum Gasteiger partial charge on any atom is 0.183 e. The van der Waals surface area contributed by atoms with Gasteiger partial charge in [-0.15, -0.1) is 0 Å². The molecule has 1 aliphatic rings. The molecule has 0 aliphatic carbocycles. The van der Waals surface area contributed by atoms with Crippen molar-refractivity contribution in [3.8, 4) is 6.07 Å². The Morgan fingerprint density at radius 3 is 2.89 bits per heavy atom. The van der Waals surface area contributed by atoms with E-state index in [4.69, 9.17) is 10.4 Å². The Morgan fingerprint density at radius 1 is 1.44 bits per heavy atom. The minimum absolute atomic E-state index is 0.179. The molecule has 0 amide bonds. The number of aromatic nitrogens is 2. The zero-order valence-corrected chi connectivity index (χ0v) is 10.5. The van der Waals surface area contributed by atoms with E-state index in [0.717, 1.165) is 19.6 Å².